The van der Waals surface area contributed by atoms with E-state index in [1.54, 1.807) is 12.1 Å². The fourth-order valence-corrected chi connectivity index (χ4v) is 4.89. The van der Waals surface area contributed by atoms with Gasteiger partial charge < -0.3 is 14.7 Å². The van der Waals surface area contributed by atoms with E-state index in [1.165, 1.54) is 28.2 Å². The van der Waals surface area contributed by atoms with Crippen LogP contribution in [0.5, 0.6) is 5.75 Å². The van der Waals surface area contributed by atoms with E-state index >= 15 is 0 Å². The maximum Gasteiger partial charge on any atom is 0.323 e. The summed E-state index contributed by atoms with van der Waals surface area (Å²) in [6.45, 7) is 6.35. The molecule has 0 bridgehead atoms. The van der Waals surface area contributed by atoms with Gasteiger partial charge in [0.25, 0.3) is 0 Å². The maximum atomic E-state index is 13.2. The van der Waals surface area contributed by atoms with E-state index in [4.69, 9.17) is 4.74 Å². The van der Waals surface area contributed by atoms with Gasteiger partial charge >= 0.3 is 5.97 Å². The van der Waals surface area contributed by atoms with Gasteiger partial charge in [-0.2, -0.15) is 0 Å². The molecule has 1 N–H and O–H groups in total. The highest BCUT2D eigenvalue weighted by molar-refractivity contribution is 5.83. The molecule has 37 heavy (non-hydrogen) atoms. The quantitative estimate of drug-likeness (QED) is 0.392. The van der Waals surface area contributed by atoms with Gasteiger partial charge in [0.05, 0.1) is 6.42 Å². The second kappa shape index (κ2) is 11.2. The van der Waals surface area contributed by atoms with Crippen molar-refractivity contribution in [1.82, 2.24) is 4.90 Å². The molecule has 0 spiro atoms. The third kappa shape index (κ3) is 6.97. The number of carboxylic acid groups (broad SMARTS) is 1. The molecule has 3 aromatic carbocycles. The molecule has 0 radical (unpaired) electrons. The molecule has 0 saturated heterocycles. The second-order valence-corrected chi connectivity index (χ2v) is 10.5. The van der Waals surface area contributed by atoms with Crippen molar-refractivity contribution in [1.29, 1.82) is 0 Å². The molecule has 1 amide bonds. The lowest BCUT2D eigenvalue weighted by atomic mass is 9.90. The van der Waals surface area contributed by atoms with Gasteiger partial charge in [0, 0.05) is 19.4 Å². The molecule has 0 unspecified atom stereocenters. The van der Waals surface area contributed by atoms with Crippen LogP contribution in [0.2, 0.25) is 0 Å². The highest BCUT2D eigenvalue weighted by atomic mass is 19.1. The van der Waals surface area contributed by atoms with E-state index in [9.17, 15) is 19.1 Å². The van der Waals surface area contributed by atoms with Crippen LogP contribution in [0.25, 0.3) is 0 Å². The molecule has 0 saturated carbocycles. The molecule has 1 aliphatic heterocycles. The van der Waals surface area contributed by atoms with Crippen molar-refractivity contribution in [2.45, 2.75) is 58.0 Å². The summed E-state index contributed by atoms with van der Waals surface area (Å²) in [4.78, 5) is 25.8. The van der Waals surface area contributed by atoms with Crippen molar-refractivity contribution >= 4 is 11.9 Å². The third-order valence-electron chi connectivity index (χ3n) is 6.89. The zero-order valence-corrected chi connectivity index (χ0v) is 21.7. The third-order valence-corrected chi connectivity index (χ3v) is 6.89. The molecule has 194 valence electrons. The number of carbonyl (C=O) groups is 2. The molecular formula is C31H34FNO4. The predicted molar refractivity (Wildman–Crippen MR) is 141 cm³/mol. The number of carbonyl (C=O) groups excluding carboxylic acids is 1. The number of fused-ring (bicyclic) bond motifs is 1. The fourth-order valence-electron chi connectivity index (χ4n) is 4.89. The summed E-state index contributed by atoms with van der Waals surface area (Å²) in [6.07, 6.45) is 2.08. The Morgan fingerprint density at radius 2 is 1.65 bits per heavy atom. The lowest BCUT2D eigenvalue weighted by Crippen LogP contribution is -2.38. The normalized spacial score (nSPS) is 16.4. The highest BCUT2D eigenvalue weighted by Gasteiger charge is 2.35. The summed E-state index contributed by atoms with van der Waals surface area (Å²) >= 11 is 0. The Morgan fingerprint density at radius 3 is 2.30 bits per heavy atom. The molecule has 3 aromatic rings. The van der Waals surface area contributed by atoms with Crippen LogP contribution in [-0.2, 0) is 35.3 Å². The number of nitrogens with zero attached hydrogens (tertiary/aromatic N) is 1. The number of carboxylic acids is 1. The molecule has 5 nitrogen and oxygen atoms in total. The van der Waals surface area contributed by atoms with E-state index in [1.807, 2.05) is 18.2 Å². The van der Waals surface area contributed by atoms with Gasteiger partial charge in [-0.1, -0.05) is 62.4 Å². The molecule has 0 aromatic heterocycles. The number of amides is 1. The first kappa shape index (κ1) is 26.4. The number of hydrogen-bond donors (Lipinski definition) is 1. The van der Waals surface area contributed by atoms with Gasteiger partial charge in [-0.15, -0.1) is 0 Å². The molecular weight excluding hydrogens is 469 g/mol. The van der Waals surface area contributed by atoms with Gasteiger partial charge in [0.1, 0.15) is 23.7 Å². The van der Waals surface area contributed by atoms with Crippen molar-refractivity contribution < 1.29 is 23.8 Å². The van der Waals surface area contributed by atoms with E-state index in [-0.39, 0.29) is 36.8 Å². The molecule has 6 heteroatoms. The number of ether oxygens (including phenoxy) is 1. The second-order valence-electron chi connectivity index (χ2n) is 10.5. The van der Waals surface area contributed by atoms with Crippen LogP contribution in [-0.4, -0.2) is 40.6 Å². The van der Waals surface area contributed by atoms with Gasteiger partial charge in [-0.05, 0) is 65.3 Å². The van der Waals surface area contributed by atoms with E-state index in [0.717, 1.165) is 35.3 Å². The first-order valence-corrected chi connectivity index (χ1v) is 12.7. The van der Waals surface area contributed by atoms with Crippen LogP contribution in [0.15, 0.2) is 66.7 Å². The highest BCUT2D eigenvalue weighted by Crippen LogP contribution is 2.37. The molecule has 0 fully saturated rings. The maximum absolute atomic E-state index is 13.2. The number of benzene rings is 3. The summed E-state index contributed by atoms with van der Waals surface area (Å²) in [5, 5.41) is 9.32. The lowest BCUT2D eigenvalue weighted by Gasteiger charge is -2.24. The van der Waals surface area contributed by atoms with E-state index < -0.39 is 5.97 Å². The average molecular weight is 504 g/mol. The minimum atomic E-state index is -1.06. The molecule has 1 aliphatic rings. The summed E-state index contributed by atoms with van der Waals surface area (Å²) < 4.78 is 19.5. The number of aliphatic carboxylic acids is 1. The monoisotopic (exact) mass is 503 g/mol. The predicted octanol–water partition coefficient (Wildman–Crippen LogP) is 5.58. The molecule has 4 rings (SSSR count). The van der Waals surface area contributed by atoms with Crippen LogP contribution in [0.4, 0.5) is 4.39 Å². The summed E-state index contributed by atoms with van der Waals surface area (Å²) in [6, 6.07) is 20.5. The van der Waals surface area contributed by atoms with Crippen molar-refractivity contribution in [3.8, 4) is 5.75 Å². The molecule has 1 atom stereocenters. The lowest BCUT2D eigenvalue weighted by molar-refractivity contribution is -0.144. The summed E-state index contributed by atoms with van der Waals surface area (Å²) in [7, 11) is 0. The van der Waals surface area contributed by atoms with Crippen LogP contribution in [0.1, 0.15) is 54.5 Å². The SMILES string of the molecule is CC(C)c1ccc(C[C@]2(C)Cc3cc(CC(=O)N(CCc4ccc(F)cc4)CC(=O)O)ccc3O2)cc1. The first-order valence-electron chi connectivity index (χ1n) is 12.7. The van der Waals surface area contributed by atoms with Crippen LogP contribution >= 0.6 is 0 Å². The van der Waals surface area contributed by atoms with Crippen LogP contribution < -0.4 is 4.74 Å². The van der Waals surface area contributed by atoms with Crippen molar-refractivity contribution in [2.75, 3.05) is 13.1 Å². The van der Waals surface area contributed by atoms with E-state index in [0.29, 0.717) is 12.3 Å². The van der Waals surface area contributed by atoms with Gasteiger partial charge in [0.2, 0.25) is 5.91 Å². The van der Waals surface area contributed by atoms with Crippen LogP contribution in [0.3, 0.4) is 0 Å². The Morgan fingerprint density at radius 1 is 1.00 bits per heavy atom. The van der Waals surface area contributed by atoms with Crippen molar-refractivity contribution in [2.24, 2.45) is 0 Å². The Bertz CT molecular complexity index is 1250. The number of rotatable bonds is 10. The largest absolute Gasteiger partial charge is 0.487 e. The summed E-state index contributed by atoms with van der Waals surface area (Å²) in [5.74, 6) is -0.324. The Balaban J connectivity index is 1.40. The van der Waals surface area contributed by atoms with Crippen molar-refractivity contribution in [3.63, 3.8) is 0 Å². The van der Waals surface area contributed by atoms with Gasteiger partial charge in [-0.25, -0.2) is 4.39 Å². The Labute approximate surface area is 217 Å². The molecule has 1 heterocycles. The summed E-state index contributed by atoms with van der Waals surface area (Å²) in [5.41, 5.74) is 4.90. The number of halogens is 1. The Kier molecular flexibility index (Phi) is 7.96. The Hall–Kier alpha value is -3.67. The smallest absolute Gasteiger partial charge is 0.323 e. The fraction of sp³-hybridized carbons (Fsp3) is 0.355. The van der Waals surface area contributed by atoms with Crippen LogP contribution in [0, 0.1) is 5.82 Å². The zero-order valence-electron chi connectivity index (χ0n) is 21.7. The van der Waals surface area contributed by atoms with Gasteiger partial charge in [0.15, 0.2) is 0 Å². The van der Waals surface area contributed by atoms with Gasteiger partial charge in [-0.3, -0.25) is 9.59 Å². The average Bonchev–Trinajstić information content (AvgIpc) is 3.17. The number of hydrogen-bond acceptors (Lipinski definition) is 3. The topological polar surface area (TPSA) is 66.8 Å². The van der Waals surface area contributed by atoms with E-state index in [2.05, 4.69) is 45.0 Å². The minimum Gasteiger partial charge on any atom is -0.487 e. The first-order chi connectivity index (χ1) is 17.6. The van der Waals surface area contributed by atoms with Crippen molar-refractivity contribution in [3.05, 3.63) is 100 Å². The molecule has 0 aliphatic carbocycles. The minimum absolute atomic E-state index is 0.108. The standard InChI is InChI=1S/C31H34FNO4/c1-21(2)25-9-4-23(5-10-25)18-31(3)19-26-16-24(8-13-28(26)37-31)17-29(34)33(20-30(35)36)15-14-22-6-11-27(32)12-7-22/h4-13,16,21H,14-15,17-20H2,1-3H3,(H,35,36)/t31-/m1/s1. The zero-order chi connectivity index (χ0) is 26.6.